The monoisotopic (exact) mass is 269 g/mol. The Morgan fingerprint density at radius 3 is 2.84 bits per heavy atom. The number of urea groups is 1. The van der Waals surface area contributed by atoms with Crippen LogP contribution in [0.3, 0.4) is 0 Å². The van der Waals surface area contributed by atoms with Crippen molar-refractivity contribution in [3.05, 3.63) is 12.2 Å². The standard InChI is InChI=1S/C11H19N5O3/c1-8(2-3-10(17)18)4-5-12-11(19)13-6-9-14-7-15-16-9/h7-8H,2-6H2,1H3,(H,17,18)(H2,12,13,19)(H,14,15,16). The van der Waals surface area contributed by atoms with Crippen molar-refractivity contribution in [3.8, 4) is 0 Å². The summed E-state index contributed by atoms with van der Waals surface area (Å²) in [6, 6.07) is -0.276. The van der Waals surface area contributed by atoms with Crippen LogP contribution in [-0.4, -0.2) is 38.8 Å². The Morgan fingerprint density at radius 2 is 2.21 bits per heavy atom. The van der Waals surface area contributed by atoms with Crippen molar-refractivity contribution in [1.29, 1.82) is 0 Å². The SMILES string of the molecule is CC(CCNC(=O)NCc1ncn[nH]1)CCC(=O)O. The highest BCUT2D eigenvalue weighted by Crippen LogP contribution is 2.08. The largest absolute Gasteiger partial charge is 0.481 e. The summed E-state index contributed by atoms with van der Waals surface area (Å²) in [5.74, 6) is 0.0697. The van der Waals surface area contributed by atoms with Crippen molar-refractivity contribution in [2.45, 2.75) is 32.7 Å². The highest BCUT2D eigenvalue weighted by molar-refractivity contribution is 5.73. The second-order valence-electron chi connectivity index (χ2n) is 4.37. The first-order valence-electron chi connectivity index (χ1n) is 6.15. The van der Waals surface area contributed by atoms with Gasteiger partial charge in [-0.2, -0.15) is 5.10 Å². The van der Waals surface area contributed by atoms with Gasteiger partial charge in [0.05, 0.1) is 6.54 Å². The Morgan fingerprint density at radius 1 is 1.42 bits per heavy atom. The molecule has 0 aliphatic rings. The van der Waals surface area contributed by atoms with Gasteiger partial charge in [0.25, 0.3) is 0 Å². The van der Waals surface area contributed by atoms with E-state index in [4.69, 9.17) is 5.11 Å². The number of nitrogens with one attached hydrogen (secondary N) is 3. The molecule has 106 valence electrons. The molecule has 1 rings (SSSR count). The first kappa shape index (κ1) is 14.9. The second kappa shape index (κ2) is 8.06. The van der Waals surface area contributed by atoms with Crippen LogP contribution in [0.2, 0.25) is 0 Å². The quantitative estimate of drug-likeness (QED) is 0.547. The van der Waals surface area contributed by atoms with Crippen LogP contribution in [0.25, 0.3) is 0 Å². The van der Waals surface area contributed by atoms with E-state index in [1.165, 1.54) is 6.33 Å². The van der Waals surface area contributed by atoms with E-state index >= 15 is 0 Å². The lowest BCUT2D eigenvalue weighted by Crippen LogP contribution is -2.36. The van der Waals surface area contributed by atoms with Crippen LogP contribution in [0.5, 0.6) is 0 Å². The maximum Gasteiger partial charge on any atom is 0.315 e. The summed E-state index contributed by atoms with van der Waals surface area (Å²) in [5.41, 5.74) is 0. The summed E-state index contributed by atoms with van der Waals surface area (Å²) in [4.78, 5) is 25.7. The van der Waals surface area contributed by atoms with Crippen molar-refractivity contribution < 1.29 is 14.7 Å². The van der Waals surface area contributed by atoms with Gasteiger partial charge in [-0.25, -0.2) is 9.78 Å². The molecule has 0 fully saturated rings. The van der Waals surface area contributed by atoms with Crippen LogP contribution in [0.4, 0.5) is 4.79 Å². The molecular formula is C11H19N5O3. The third-order valence-corrected chi connectivity index (χ3v) is 2.66. The van der Waals surface area contributed by atoms with Gasteiger partial charge in [0.1, 0.15) is 12.2 Å². The van der Waals surface area contributed by atoms with E-state index in [2.05, 4.69) is 25.8 Å². The Balaban J connectivity index is 2.05. The maximum atomic E-state index is 11.4. The summed E-state index contributed by atoms with van der Waals surface area (Å²) < 4.78 is 0. The number of aromatic nitrogens is 3. The first-order chi connectivity index (χ1) is 9.08. The van der Waals surface area contributed by atoms with E-state index < -0.39 is 5.97 Å². The van der Waals surface area contributed by atoms with Gasteiger partial charge in [-0.1, -0.05) is 6.92 Å². The van der Waals surface area contributed by atoms with Gasteiger partial charge >= 0.3 is 12.0 Å². The Labute approximate surface area is 111 Å². The summed E-state index contributed by atoms with van der Waals surface area (Å²) >= 11 is 0. The number of H-pyrrole nitrogens is 1. The normalized spacial score (nSPS) is 11.8. The van der Waals surface area contributed by atoms with Crippen molar-refractivity contribution in [2.75, 3.05) is 6.54 Å². The fraction of sp³-hybridized carbons (Fsp3) is 0.636. The molecule has 0 saturated carbocycles. The summed E-state index contributed by atoms with van der Waals surface area (Å²) in [6.45, 7) is 2.78. The molecule has 1 heterocycles. The predicted octanol–water partition coefficient (Wildman–Crippen LogP) is 0.495. The van der Waals surface area contributed by atoms with Crippen molar-refractivity contribution in [1.82, 2.24) is 25.8 Å². The number of carbonyl (C=O) groups is 2. The van der Waals surface area contributed by atoms with E-state index in [0.717, 1.165) is 6.42 Å². The average molecular weight is 269 g/mol. The molecule has 1 unspecified atom stereocenters. The van der Waals surface area contributed by atoms with E-state index in [0.29, 0.717) is 25.3 Å². The molecule has 2 amide bonds. The third-order valence-electron chi connectivity index (χ3n) is 2.66. The molecule has 8 nitrogen and oxygen atoms in total. The zero-order valence-corrected chi connectivity index (χ0v) is 10.8. The number of amides is 2. The third kappa shape index (κ3) is 7.02. The van der Waals surface area contributed by atoms with Crippen molar-refractivity contribution in [2.24, 2.45) is 5.92 Å². The lowest BCUT2D eigenvalue weighted by molar-refractivity contribution is -0.137. The molecule has 8 heteroatoms. The van der Waals surface area contributed by atoms with Gasteiger partial charge in [-0.15, -0.1) is 0 Å². The zero-order valence-electron chi connectivity index (χ0n) is 10.8. The fourth-order valence-electron chi connectivity index (χ4n) is 1.49. The average Bonchev–Trinajstić information content (AvgIpc) is 2.87. The fourth-order valence-corrected chi connectivity index (χ4v) is 1.49. The van der Waals surface area contributed by atoms with Gasteiger partial charge in [0, 0.05) is 13.0 Å². The molecule has 0 aliphatic carbocycles. The smallest absolute Gasteiger partial charge is 0.315 e. The number of hydrogen-bond donors (Lipinski definition) is 4. The molecule has 0 saturated heterocycles. The Hall–Kier alpha value is -2.12. The van der Waals surface area contributed by atoms with Gasteiger partial charge in [-0.05, 0) is 18.8 Å². The Kier molecular flexibility index (Phi) is 6.34. The number of aliphatic carboxylic acids is 1. The van der Waals surface area contributed by atoms with Crippen LogP contribution in [0.1, 0.15) is 32.0 Å². The lowest BCUT2D eigenvalue weighted by Gasteiger charge is -2.11. The van der Waals surface area contributed by atoms with E-state index in [1.807, 2.05) is 6.92 Å². The molecule has 0 aromatic carbocycles. The van der Waals surface area contributed by atoms with Crippen LogP contribution in [0, 0.1) is 5.92 Å². The van der Waals surface area contributed by atoms with Crippen molar-refractivity contribution >= 4 is 12.0 Å². The maximum absolute atomic E-state index is 11.4. The predicted molar refractivity (Wildman–Crippen MR) is 67.3 cm³/mol. The molecule has 19 heavy (non-hydrogen) atoms. The molecule has 1 aromatic heterocycles. The molecule has 1 atom stereocenters. The van der Waals surface area contributed by atoms with Gasteiger partial charge in [0.2, 0.25) is 0 Å². The number of hydrogen-bond acceptors (Lipinski definition) is 4. The minimum atomic E-state index is -0.787. The van der Waals surface area contributed by atoms with Crippen LogP contribution in [0.15, 0.2) is 6.33 Å². The highest BCUT2D eigenvalue weighted by atomic mass is 16.4. The van der Waals surface area contributed by atoms with E-state index in [-0.39, 0.29) is 18.4 Å². The minimum Gasteiger partial charge on any atom is -0.481 e. The number of rotatable bonds is 8. The van der Waals surface area contributed by atoms with Gasteiger partial charge < -0.3 is 15.7 Å². The summed E-state index contributed by atoms with van der Waals surface area (Å²) in [7, 11) is 0. The molecule has 1 aromatic rings. The molecule has 0 aliphatic heterocycles. The number of carbonyl (C=O) groups excluding carboxylic acids is 1. The molecule has 0 bridgehead atoms. The molecular weight excluding hydrogens is 250 g/mol. The van der Waals surface area contributed by atoms with Gasteiger partial charge in [-0.3, -0.25) is 9.89 Å². The van der Waals surface area contributed by atoms with Crippen LogP contribution < -0.4 is 10.6 Å². The zero-order chi connectivity index (χ0) is 14.1. The molecule has 4 N–H and O–H groups in total. The second-order valence-corrected chi connectivity index (χ2v) is 4.37. The molecule has 0 spiro atoms. The number of nitrogens with zero attached hydrogens (tertiary/aromatic N) is 2. The highest BCUT2D eigenvalue weighted by Gasteiger charge is 2.06. The summed E-state index contributed by atoms with van der Waals surface area (Å²) in [6.07, 6.45) is 2.91. The van der Waals surface area contributed by atoms with Crippen molar-refractivity contribution in [3.63, 3.8) is 0 Å². The number of carboxylic acids is 1. The first-order valence-corrected chi connectivity index (χ1v) is 6.15. The molecule has 0 radical (unpaired) electrons. The minimum absolute atomic E-state index is 0.166. The van der Waals surface area contributed by atoms with Crippen LogP contribution >= 0.6 is 0 Å². The van der Waals surface area contributed by atoms with E-state index in [1.54, 1.807) is 0 Å². The Bertz CT molecular complexity index is 393. The van der Waals surface area contributed by atoms with Crippen LogP contribution in [-0.2, 0) is 11.3 Å². The van der Waals surface area contributed by atoms with E-state index in [9.17, 15) is 9.59 Å². The number of carboxylic acid groups (broad SMARTS) is 1. The van der Waals surface area contributed by atoms with Gasteiger partial charge in [0.15, 0.2) is 0 Å². The topological polar surface area (TPSA) is 120 Å². The summed E-state index contributed by atoms with van der Waals surface area (Å²) in [5, 5.41) is 20.2. The number of aromatic amines is 1. The lowest BCUT2D eigenvalue weighted by atomic mass is 10.0.